The molecule has 1 rings (SSSR count). The summed E-state index contributed by atoms with van der Waals surface area (Å²) in [5.41, 5.74) is 5.21. The number of carboxylic acid groups (broad SMARTS) is 1. The number of aliphatic carboxylic acids is 1. The molecule has 0 radical (unpaired) electrons. The van der Waals surface area contributed by atoms with Gasteiger partial charge in [0.2, 0.25) is 5.91 Å². The van der Waals surface area contributed by atoms with Crippen LogP contribution in [0.15, 0.2) is 0 Å². The normalized spacial score (nSPS) is 20.8. The maximum Gasteiger partial charge on any atom is 0.334 e. The van der Waals surface area contributed by atoms with Crippen LogP contribution in [-0.2, 0) is 19.1 Å². The number of hydrogen-bond donors (Lipinski definition) is 2. The Bertz CT molecular complexity index is 258. The third-order valence-corrected chi connectivity index (χ3v) is 2.18. The van der Waals surface area contributed by atoms with E-state index < -0.39 is 12.1 Å². The molecular formula is C9H16N2O5. The third-order valence-electron chi connectivity index (χ3n) is 2.18. The highest BCUT2D eigenvalue weighted by molar-refractivity contribution is 5.79. The molecule has 1 aliphatic rings. The predicted octanol–water partition coefficient (Wildman–Crippen LogP) is -1.73. The molecule has 1 saturated heterocycles. The Morgan fingerprint density at radius 1 is 1.56 bits per heavy atom. The monoisotopic (exact) mass is 232 g/mol. The summed E-state index contributed by atoms with van der Waals surface area (Å²) in [4.78, 5) is 23.7. The van der Waals surface area contributed by atoms with E-state index in [2.05, 4.69) is 0 Å². The Balaban J connectivity index is 2.35. The molecule has 1 atom stereocenters. The molecule has 7 nitrogen and oxygen atoms in total. The van der Waals surface area contributed by atoms with E-state index in [9.17, 15) is 9.59 Å². The Morgan fingerprint density at radius 2 is 2.31 bits per heavy atom. The molecule has 0 aromatic heterocycles. The van der Waals surface area contributed by atoms with Gasteiger partial charge in [-0.2, -0.15) is 0 Å². The van der Waals surface area contributed by atoms with Crippen LogP contribution in [0.2, 0.25) is 0 Å². The maximum absolute atomic E-state index is 11.6. The summed E-state index contributed by atoms with van der Waals surface area (Å²) in [5, 5.41) is 8.74. The van der Waals surface area contributed by atoms with E-state index in [0.717, 1.165) is 0 Å². The first-order valence-electron chi connectivity index (χ1n) is 5.05. The number of carbonyl (C=O) groups is 2. The van der Waals surface area contributed by atoms with Gasteiger partial charge in [-0.05, 0) is 0 Å². The molecule has 7 heteroatoms. The van der Waals surface area contributed by atoms with Gasteiger partial charge in [0.1, 0.15) is 6.61 Å². The SMILES string of the molecule is NCCOCC(=O)N1CCOC(C(=O)O)C1. The minimum absolute atomic E-state index is 0.0659. The predicted molar refractivity (Wildman–Crippen MR) is 53.8 cm³/mol. The molecule has 1 unspecified atom stereocenters. The van der Waals surface area contributed by atoms with Gasteiger partial charge in [0, 0.05) is 13.1 Å². The molecule has 1 fully saturated rings. The summed E-state index contributed by atoms with van der Waals surface area (Å²) in [6.45, 7) is 1.31. The van der Waals surface area contributed by atoms with Gasteiger partial charge in [-0.3, -0.25) is 4.79 Å². The lowest BCUT2D eigenvalue weighted by Gasteiger charge is -2.30. The number of hydrogen-bond acceptors (Lipinski definition) is 5. The average molecular weight is 232 g/mol. The summed E-state index contributed by atoms with van der Waals surface area (Å²) in [5.74, 6) is -1.29. The fourth-order valence-electron chi connectivity index (χ4n) is 1.36. The van der Waals surface area contributed by atoms with Crippen molar-refractivity contribution in [3.8, 4) is 0 Å². The largest absolute Gasteiger partial charge is 0.479 e. The number of ether oxygens (including phenoxy) is 2. The number of carbonyl (C=O) groups excluding carboxylic acids is 1. The van der Waals surface area contributed by atoms with Gasteiger partial charge in [-0.15, -0.1) is 0 Å². The number of carboxylic acids is 1. The first-order chi connectivity index (χ1) is 7.65. The summed E-state index contributed by atoms with van der Waals surface area (Å²) in [6.07, 6.45) is -0.938. The molecule has 0 bridgehead atoms. The van der Waals surface area contributed by atoms with Gasteiger partial charge >= 0.3 is 5.97 Å². The minimum atomic E-state index is -1.06. The first-order valence-corrected chi connectivity index (χ1v) is 5.05. The zero-order valence-electron chi connectivity index (χ0n) is 8.92. The molecule has 3 N–H and O–H groups in total. The van der Waals surface area contributed by atoms with E-state index in [0.29, 0.717) is 19.7 Å². The molecule has 1 heterocycles. The number of nitrogens with zero attached hydrogens (tertiary/aromatic N) is 1. The lowest BCUT2D eigenvalue weighted by Crippen LogP contribution is -2.49. The lowest BCUT2D eigenvalue weighted by molar-refractivity contribution is -0.160. The molecule has 0 saturated carbocycles. The van der Waals surface area contributed by atoms with Crippen molar-refractivity contribution >= 4 is 11.9 Å². The van der Waals surface area contributed by atoms with Crippen molar-refractivity contribution in [2.24, 2.45) is 5.73 Å². The molecule has 16 heavy (non-hydrogen) atoms. The summed E-state index contributed by atoms with van der Waals surface area (Å²) in [6, 6.07) is 0. The summed E-state index contributed by atoms with van der Waals surface area (Å²) < 4.78 is 9.98. The lowest BCUT2D eigenvalue weighted by atomic mass is 10.2. The van der Waals surface area contributed by atoms with Crippen LogP contribution in [0.3, 0.4) is 0 Å². The fraction of sp³-hybridized carbons (Fsp3) is 0.778. The van der Waals surface area contributed by atoms with Gasteiger partial charge in [-0.25, -0.2) is 4.79 Å². The Labute approximate surface area is 93.1 Å². The van der Waals surface area contributed by atoms with Crippen LogP contribution in [0.25, 0.3) is 0 Å². The van der Waals surface area contributed by atoms with Crippen LogP contribution in [0, 0.1) is 0 Å². The number of nitrogens with two attached hydrogens (primary N) is 1. The Hall–Kier alpha value is -1.18. The van der Waals surface area contributed by atoms with Crippen molar-refractivity contribution < 1.29 is 24.2 Å². The topological polar surface area (TPSA) is 102 Å². The highest BCUT2D eigenvalue weighted by Gasteiger charge is 2.28. The second-order valence-electron chi connectivity index (χ2n) is 3.38. The molecule has 0 aliphatic carbocycles. The van der Waals surface area contributed by atoms with Crippen molar-refractivity contribution in [2.75, 3.05) is 39.5 Å². The van der Waals surface area contributed by atoms with Crippen LogP contribution >= 0.6 is 0 Å². The van der Waals surface area contributed by atoms with Gasteiger partial charge in [-0.1, -0.05) is 0 Å². The second-order valence-corrected chi connectivity index (χ2v) is 3.38. The van der Waals surface area contributed by atoms with Crippen LogP contribution in [0.1, 0.15) is 0 Å². The molecule has 1 amide bonds. The quantitative estimate of drug-likeness (QED) is 0.546. The van der Waals surface area contributed by atoms with Crippen molar-refractivity contribution in [3.05, 3.63) is 0 Å². The van der Waals surface area contributed by atoms with E-state index >= 15 is 0 Å². The van der Waals surface area contributed by atoms with Crippen molar-refractivity contribution in [3.63, 3.8) is 0 Å². The van der Waals surface area contributed by atoms with E-state index in [1.165, 1.54) is 4.90 Å². The van der Waals surface area contributed by atoms with Crippen LogP contribution < -0.4 is 5.73 Å². The average Bonchev–Trinajstić information content (AvgIpc) is 2.29. The Kier molecular flexibility index (Phi) is 5.17. The van der Waals surface area contributed by atoms with Gasteiger partial charge in [0.25, 0.3) is 0 Å². The van der Waals surface area contributed by atoms with E-state index in [1.807, 2.05) is 0 Å². The first kappa shape index (κ1) is 12.9. The maximum atomic E-state index is 11.6. The molecule has 0 spiro atoms. The van der Waals surface area contributed by atoms with Crippen molar-refractivity contribution in [2.45, 2.75) is 6.10 Å². The zero-order valence-corrected chi connectivity index (χ0v) is 8.92. The van der Waals surface area contributed by atoms with E-state index in [1.54, 1.807) is 0 Å². The van der Waals surface area contributed by atoms with E-state index in [4.69, 9.17) is 20.3 Å². The molecule has 1 aliphatic heterocycles. The fourth-order valence-corrected chi connectivity index (χ4v) is 1.36. The number of rotatable bonds is 5. The molecule has 0 aromatic carbocycles. The van der Waals surface area contributed by atoms with Gasteiger partial charge < -0.3 is 25.2 Å². The Morgan fingerprint density at radius 3 is 2.94 bits per heavy atom. The van der Waals surface area contributed by atoms with Crippen molar-refractivity contribution in [1.29, 1.82) is 0 Å². The van der Waals surface area contributed by atoms with Crippen molar-refractivity contribution in [1.82, 2.24) is 4.90 Å². The molecular weight excluding hydrogens is 216 g/mol. The molecule has 0 aromatic rings. The summed E-state index contributed by atoms with van der Waals surface area (Å²) in [7, 11) is 0. The highest BCUT2D eigenvalue weighted by Crippen LogP contribution is 2.05. The van der Waals surface area contributed by atoms with Gasteiger partial charge in [0.15, 0.2) is 6.10 Å². The summed E-state index contributed by atoms with van der Waals surface area (Å²) >= 11 is 0. The van der Waals surface area contributed by atoms with E-state index in [-0.39, 0.29) is 25.7 Å². The van der Waals surface area contributed by atoms with Crippen LogP contribution in [0.5, 0.6) is 0 Å². The minimum Gasteiger partial charge on any atom is -0.479 e. The highest BCUT2D eigenvalue weighted by atomic mass is 16.5. The smallest absolute Gasteiger partial charge is 0.334 e. The van der Waals surface area contributed by atoms with Gasteiger partial charge in [0.05, 0.1) is 19.8 Å². The zero-order chi connectivity index (χ0) is 12.0. The number of amides is 1. The second kappa shape index (κ2) is 6.41. The van der Waals surface area contributed by atoms with Crippen LogP contribution in [-0.4, -0.2) is 67.4 Å². The standard InChI is InChI=1S/C9H16N2O5/c10-1-3-15-6-8(12)11-2-4-16-7(5-11)9(13)14/h7H,1-6,10H2,(H,13,14). The van der Waals surface area contributed by atoms with Crippen LogP contribution in [0.4, 0.5) is 0 Å². The third kappa shape index (κ3) is 3.76. The molecule has 92 valence electrons. The number of morpholine rings is 1.